The molecule has 0 radical (unpaired) electrons. The number of fused-ring (bicyclic) bond motifs is 2. The number of carbonyl (C=O) groups is 1. The lowest BCUT2D eigenvalue weighted by Crippen LogP contribution is -2.40. The summed E-state index contributed by atoms with van der Waals surface area (Å²) in [6.45, 7) is 5.00. The molecule has 7 nitrogen and oxygen atoms in total. The molecule has 0 bridgehead atoms. The third-order valence-corrected chi connectivity index (χ3v) is 8.35. The van der Waals surface area contributed by atoms with Crippen LogP contribution in [0.25, 0.3) is 32.7 Å². The maximum atomic E-state index is 15.7. The topological polar surface area (TPSA) is 73.1 Å². The van der Waals surface area contributed by atoms with E-state index in [1.165, 1.54) is 35.7 Å². The van der Waals surface area contributed by atoms with E-state index in [0.29, 0.717) is 40.8 Å². The Morgan fingerprint density at radius 3 is 2.61 bits per heavy atom. The molecule has 1 amide bonds. The van der Waals surface area contributed by atoms with Crippen LogP contribution in [0.3, 0.4) is 0 Å². The van der Waals surface area contributed by atoms with Crippen LogP contribution < -0.4 is 0 Å². The van der Waals surface area contributed by atoms with E-state index < -0.39 is 18.3 Å². The zero-order valence-electron chi connectivity index (χ0n) is 21.2. The highest BCUT2D eigenvalue weighted by molar-refractivity contribution is 7.15. The number of hydrogen-bond donors (Lipinski definition) is 0. The van der Waals surface area contributed by atoms with E-state index >= 15 is 4.39 Å². The second-order valence-electron chi connectivity index (χ2n) is 9.85. The van der Waals surface area contributed by atoms with Crippen LogP contribution in [-0.2, 0) is 16.1 Å². The number of thiazole rings is 1. The fourth-order valence-corrected chi connectivity index (χ4v) is 6.34. The molecule has 0 spiro atoms. The van der Waals surface area contributed by atoms with Crippen LogP contribution in [0.1, 0.15) is 60.2 Å². The SMILES string of the molecule is Cc1ncc(-c2nc3ccc(F)c(-c4nc(C5CCOCC5)n5c4CN(C)C(=O)C5C)c3cc2C(F)F)s1. The molecule has 0 aliphatic carbocycles. The summed E-state index contributed by atoms with van der Waals surface area (Å²) in [5.74, 6) is 0.123. The molecule has 4 aromatic rings. The number of nitrogens with zero attached hydrogens (tertiary/aromatic N) is 5. The monoisotopic (exact) mass is 541 g/mol. The fourth-order valence-electron chi connectivity index (χ4n) is 5.55. The van der Waals surface area contributed by atoms with Crippen molar-refractivity contribution < 1.29 is 22.7 Å². The van der Waals surface area contributed by atoms with Crippen molar-refractivity contribution in [1.29, 1.82) is 0 Å². The zero-order chi connectivity index (χ0) is 26.7. The predicted molar refractivity (Wildman–Crippen MR) is 138 cm³/mol. The molecule has 1 atom stereocenters. The summed E-state index contributed by atoms with van der Waals surface area (Å²) >= 11 is 1.28. The number of likely N-dealkylation sites (N-methyl/N-ethyl adjacent to an activating group) is 1. The average Bonchev–Trinajstić information content (AvgIpc) is 3.51. The third-order valence-electron chi connectivity index (χ3n) is 7.44. The number of carbonyl (C=O) groups excluding carboxylic acids is 1. The summed E-state index contributed by atoms with van der Waals surface area (Å²) in [7, 11) is 1.70. The fraction of sp³-hybridized carbons (Fsp3) is 0.407. The molecule has 1 saturated heterocycles. The summed E-state index contributed by atoms with van der Waals surface area (Å²) in [4.78, 5) is 28.7. The van der Waals surface area contributed by atoms with Crippen LogP contribution in [0.5, 0.6) is 0 Å². The molecular formula is C27H26F3N5O2S. The molecule has 6 rings (SSSR count). The Bertz CT molecular complexity index is 1560. The number of rotatable bonds is 4. The van der Waals surface area contributed by atoms with Crippen LogP contribution in [0.2, 0.25) is 0 Å². The molecule has 1 fully saturated rings. The van der Waals surface area contributed by atoms with Crippen molar-refractivity contribution in [3.05, 3.63) is 52.3 Å². The summed E-state index contributed by atoms with van der Waals surface area (Å²) in [5, 5.41) is 0.997. The molecular weight excluding hydrogens is 515 g/mol. The number of imidazole rings is 1. The van der Waals surface area contributed by atoms with Gasteiger partial charge in [0.25, 0.3) is 6.43 Å². The average molecular weight is 542 g/mol. The largest absolute Gasteiger partial charge is 0.381 e. The smallest absolute Gasteiger partial charge is 0.266 e. The lowest BCUT2D eigenvalue weighted by atomic mass is 9.98. The van der Waals surface area contributed by atoms with E-state index in [0.717, 1.165) is 17.8 Å². The van der Waals surface area contributed by atoms with Crippen LogP contribution in [0, 0.1) is 12.7 Å². The van der Waals surface area contributed by atoms with E-state index in [4.69, 9.17) is 9.72 Å². The molecule has 3 aromatic heterocycles. The first-order chi connectivity index (χ1) is 18.2. The van der Waals surface area contributed by atoms with Gasteiger partial charge in [-0.25, -0.2) is 28.1 Å². The normalized spacial score (nSPS) is 18.6. The molecule has 0 N–H and O–H groups in total. The van der Waals surface area contributed by atoms with E-state index in [-0.39, 0.29) is 40.6 Å². The Hall–Kier alpha value is -3.31. The van der Waals surface area contributed by atoms with Crippen molar-refractivity contribution in [2.75, 3.05) is 20.3 Å². The van der Waals surface area contributed by atoms with E-state index in [1.807, 2.05) is 11.5 Å². The lowest BCUT2D eigenvalue weighted by molar-refractivity contribution is -0.135. The van der Waals surface area contributed by atoms with Gasteiger partial charge in [-0.3, -0.25) is 4.79 Å². The lowest BCUT2D eigenvalue weighted by Gasteiger charge is -2.32. The maximum Gasteiger partial charge on any atom is 0.266 e. The van der Waals surface area contributed by atoms with Crippen LogP contribution >= 0.6 is 11.3 Å². The van der Waals surface area contributed by atoms with Gasteiger partial charge in [-0.1, -0.05) is 0 Å². The Labute approximate surface area is 221 Å². The van der Waals surface area contributed by atoms with Gasteiger partial charge >= 0.3 is 0 Å². The predicted octanol–water partition coefficient (Wildman–Crippen LogP) is 6.03. The molecule has 1 unspecified atom stereocenters. The van der Waals surface area contributed by atoms with Gasteiger partial charge in [0.2, 0.25) is 5.91 Å². The second kappa shape index (κ2) is 9.46. The Kier molecular flexibility index (Phi) is 6.22. The number of halogens is 3. The molecule has 0 saturated carbocycles. The third kappa shape index (κ3) is 3.99. The summed E-state index contributed by atoms with van der Waals surface area (Å²) in [6.07, 6.45) is 0.182. The Morgan fingerprint density at radius 1 is 1.16 bits per heavy atom. The first-order valence-electron chi connectivity index (χ1n) is 12.5. The highest BCUT2D eigenvalue weighted by atomic mass is 32.1. The number of pyridine rings is 1. The Morgan fingerprint density at radius 2 is 1.92 bits per heavy atom. The van der Waals surface area contributed by atoms with Gasteiger partial charge in [-0.15, -0.1) is 11.3 Å². The van der Waals surface area contributed by atoms with Gasteiger partial charge in [-0.05, 0) is 44.9 Å². The second-order valence-corrected chi connectivity index (χ2v) is 11.1. The number of aromatic nitrogens is 4. The standard InChI is InChI=1S/C27H26F3N5O2S/c1-13-27(36)34(3)12-20-24(33-26(35(13)20)15-6-8-37-9-7-15)22-16-10-17(25(29)30)23(21-11-31-14(2)38-21)32-19(16)5-4-18(22)28/h4-5,10-11,13,15,25H,6-9,12H2,1-3H3. The van der Waals surface area contributed by atoms with Crippen LogP contribution in [0.4, 0.5) is 13.2 Å². The number of hydrogen-bond acceptors (Lipinski definition) is 6. The molecule has 2 aliphatic heterocycles. The molecule has 2 aliphatic rings. The van der Waals surface area contributed by atoms with Gasteiger partial charge in [0.1, 0.15) is 17.7 Å². The number of aryl methyl sites for hydroxylation is 1. The van der Waals surface area contributed by atoms with Crippen molar-refractivity contribution in [2.45, 2.75) is 51.6 Å². The number of ether oxygens (including phenoxy) is 1. The van der Waals surface area contributed by atoms with Crippen molar-refractivity contribution >= 4 is 28.1 Å². The highest BCUT2D eigenvalue weighted by Crippen LogP contribution is 2.42. The van der Waals surface area contributed by atoms with E-state index in [2.05, 4.69) is 9.97 Å². The Balaban J connectivity index is 1.61. The summed E-state index contributed by atoms with van der Waals surface area (Å²) < 4.78 is 51.8. The van der Waals surface area contributed by atoms with Crippen LogP contribution in [-0.4, -0.2) is 50.6 Å². The first kappa shape index (κ1) is 25.0. The quantitative estimate of drug-likeness (QED) is 0.315. The number of amides is 1. The molecule has 5 heterocycles. The minimum Gasteiger partial charge on any atom is -0.381 e. The zero-order valence-corrected chi connectivity index (χ0v) is 22.0. The van der Waals surface area contributed by atoms with Crippen molar-refractivity contribution in [2.24, 2.45) is 0 Å². The highest BCUT2D eigenvalue weighted by Gasteiger charge is 2.37. The maximum absolute atomic E-state index is 15.7. The summed E-state index contributed by atoms with van der Waals surface area (Å²) in [5.41, 5.74) is 1.42. The van der Waals surface area contributed by atoms with Crippen molar-refractivity contribution in [3.8, 4) is 21.8 Å². The molecule has 38 heavy (non-hydrogen) atoms. The van der Waals surface area contributed by atoms with Crippen molar-refractivity contribution in [1.82, 2.24) is 24.4 Å². The molecule has 11 heteroatoms. The molecule has 198 valence electrons. The van der Waals surface area contributed by atoms with Gasteiger partial charge < -0.3 is 14.2 Å². The van der Waals surface area contributed by atoms with Crippen molar-refractivity contribution in [3.63, 3.8) is 0 Å². The number of benzene rings is 1. The van der Waals surface area contributed by atoms with E-state index in [9.17, 15) is 13.6 Å². The van der Waals surface area contributed by atoms with Gasteiger partial charge in [-0.2, -0.15) is 0 Å². The summed E-state index contributed by atoms with van der Waals surface area (Å²) in [6, 6.07) is 3.62. The number of alkyl halides is 2. The van der Waals surface area contributed by atoms with Gasteiger partial charge in [0, 0.05) is 48.9 Å². The first-order valence-corrected chi connectivity index (χ1v) is 13.3. The minimum atomic E-state index is -2.82. The van der Waals surface area contributed by atoms with Gasteiger partial charge in [0.15, 0.2) is 0 Å². The van der Waals surface area contributed by atoms with E-state index in [1.54, 1.807) is 18.9 Å². The van der Waals surface area contributed by atoms with Gasteiger partial charge in [0.05, 0.1) is 39.0 Å². The molecule has 1 aromatic carbocycles. The minimum absolute atomic E-state index is 0.0452. The van der Waals surface area contributed by atoms with Crippen LogP contribution in [0.15, 0.2) is 24.4 Å².